The molecule has 0 heterocycles. The summed E-state index contributed by atoms with van der Waals surface area (Å²) >= 11 is 0. The molecule has 0 aromatic heterocycles. The monoisotopic (exact) mass is 266 g/mol. The molecule has 1 rings (SSSR count). The van der Waals surface area contributed by atoms with Crippen LogP contribution in [0.3, 0.4) is 0 Å². The minimum Gasteiger partial charge on any atom is -0.217 e. The van der Waals surface area contributed by atoms with Crippen LogP contribution in [0, 0.1) is 11.3 Å². The number of nitrogens with zero attached hydrogens (tertiary/aromatic N) is 1. The first-order chi connectivity index (χ1) is 8.54. The van der Waals surface area contributed by atoms with Gasteiger partial charge in [0.1, 0.15) is 0 Å². The minimum absolute atomic E-state index is 0.299. The van der Waals surface area contributed by atoms with Crippen molar-refractivity contribution in [2.24, 2.45) is 0 Å². The van der Waals surface area contributed by atoms with E-state index in [0.29, 0.717) is 18.4 Å². The van der Waals surface area contributed by atoms with Crippen molar-refractivity contribution < 1.29 is 8.42 Å². The van der Waals surface area contributed by atoms with Crippen molar-refractivity contribution in [3.63, 3.8) is 0 Å². The highest BCUT2D eigenvalue weighted by Crippen LogP contribution is 2.34. The number of nitrogens with one attached hydrogen (secondary N) is 1. The first kappa shape index (κ1) is 14.7. The molecule has 1 atom stereocenters. The summed E-state index contributed by atoms with van der Waals surface area (Å²) in [6.45, 7) is 1.97. The lowest BCUT2D eigenvalue weighted by atomic mass is 9.94. The summed E-state index contributed by atoms with van der Waals surface area (Å²) < 4.78 is 25.2. The number of sulfonamides is 1. The summed E-state index contributed by atoms with van der Waals surface area (Å²) in [5, 5.41) is 9.45. The van der Waals surface area contributed by atoms with Gasteiger partial charge in [-0.05, 0) is 19.0 Å². The zero-order chi connectivity index (χ0) is 13.6. The molecule has 1 aromatic rings. The van der Waals surface area contributed by atoms with Gasteiger partial charge in [0, 0.05) is 0 Å². The number of rotatable bonds is 6. The topological polar surface area (TPSA) is 70.0 Å². The Bertz CT molecular complexity index is 520. The molecule has 0 amide bonds. The summed E-state index contributed by atoms with van der Waals surface area (Å²) in [5.41, 5.74) is 0.523. The minimum atomic E-state index is -3.71. The van der Waals surface area contributed by atoms with Gasteiger partial charge in [0.25, 0.3) is 0 Å². The van der Waals surface area contributed by atoms with E-state index in [1.807, 2.05) is 13.0 Å². The van der Waals surface area contributed by atoms with Gasteiger partial charge in [-0.3, -0.25) is 0 Å². The van der Waals surface area contributed by atoms with Crippen LogP contribution in [0.25, 0.3) is 0 Å². The zero-order valence-corrected chi connectivity index (χ0v) is 11.5. The van der Waals surface area contributed by atoms with Crippen LogP contribution in [-0.4, -0.2) is 15.5 Å². The van der Waals surface area contributed by atoms with Gasteiger partial charge in [-0.2, -0.15) is 5.26 Å². The van der Waals surface area contributed by atoms with E-state index in [9.17, 15) is 13.7 Å². The summed E-state index contributed by atoms with van der Waals surface area (Å²) in [5.74, 6) is 0. The molecule has 18 heavy (non-hydrogen) atoms. The van der Waals surface area contributed by atoms with Crippen LogP contribution in [0.1, 0.15) is 31.7 Å². The van der Waals surface area contributed by atoms with Crippen LogP contribution in [-0.2, 0) is 14.8 Å². The van der Waals surface area contributed by atoms with Gasteiger partial charge < -0.3 is 0 Å². The highest BCUT2D eigenvalue weighted by Gasteiger charge is 2.44. The molecule has 0 fully saturated rings. The molecule has 1 unspecified atom stereocenters. The van der Waals surface area contributed by atoms with Crippen LogP contribution in [0.2, 0.25) is 0 Å². The van der Waals surface area contributed by atoms with E-state index >= 15 is 0 Å². The first-order valence-corrected chi connectivity index (χ1v) is 7.42. The Labute approximate surface area is 109 Å². The van der Waals surface area contributed by atoms with Gasteiger partial charge in [-0.25, -0.2) is 13.1 Å². The lowest BCUT2D eigenvalue weighted by Gasteiger charge is -2.26. The third-order valence-corrected chi connectivity index (χ3v) is 5.02. The second kappa shape index (κ2) is 5.98. The number of benzene rings is 1. The standard InChI is InChI=1S/C13H18N2O2S/c1-3-4-10-13(11-14,18(16,17)15-2)12-8-6-5-7-9-12/h5-9,15H,3-4,10H2,1-2H3. The summed E-state index contributed by atoms with van der Waals surface area (Å²) in [7, 11) is -2.36. The van der Waals surface area contributed by atoms with Crippen molar-refractivity contribution in [3.05, 3.63) is 35.9 Å². The van der Waals surface area contributed by atoms with Crippen molar-refractivity contribution in [2.45, 2.75) is 30.9 Å². The average Bonchev–Trinajstić information content (AvgIpc) is 2.41. The van der Waals surface area contributed by atoms with Gasteiger partial charge in [-0.15, -0.1) is 0 Å². The second-order valence-electron chi connectivity index (χ2n) is 4.12. The van der Waals surface area contributed by atoms with Crippen molar-refractivity contribution >= 4 is 10.0 Å². The van der Waals surface area contributed by atoms with Crippen molar-refractivity contribution in [1.82, 2.24) is 4.72 Å². The fourth-order valence-electron chi connectivity index (χ4n) is 1.92. The van der Waals surface area contributed by atoms with E-state index in [4.69, 9.17) is 0 Å². The molecule has 0 aliphatic rings. The van der Waals surface area contributed by atoms with Gasteiger partial charge in [0.05, 0.1) is 6.07 Å². The molecule has 5 heteroatoms. The number of hydrogen-bond acceptors (Lipinski definition) is 3. The molecule has 0 aliphatic heterocycles. The molecule has 0 aliphatic carbocycles. The molecule has 0 bridgehead atoms. The Morgan fingerprint density at radius 2 is 1.94 bits per heavy atom. The van der Waals surface area contributed by atoms with E-state index in [1.54, 1.807) is 30.3 Å². The third kappa shape index (κ3) is 2.55. The highest BCUT2D eigenvalue weighted by molar-refractivity contribution is 7.90. The van der Waals surface area contributed by atoms with E-state index < -0.39 is 14.8 Å². The molecule has 1 aromatic carbocycles. The molecular weight excluding hydrogens is 248 g/mol. The molecular formula is C13H18N2O2S. The van der Waals surface area contributed by atoms with Crippen molar-refractivity contribution in [2.75, 3.05) is 7.05 Å². The lowest BCUT2D eigenvalue weighted by molar-refractivity contribution is 0.527. The van der Waals surface area contributed by atoms with Crippen LogP contribution >= 0.6 is 0 Å². The Hall–Kier alpha value is -1.38. The molecule has 0 spiro atoms. The Morgan fingerprint density at radius 1 is 1.33 bits per heavy atom. The molecule has 1 N–H and O–H groups in total. The molecule has 0 saturated heterocycles. The summed E-state index contributed by atoms with van der Waals surface area (Å²) in [6.07, 6.45) is 1.83. The summed E-state index contributed by atoms with van der Waals surface area (Å²) in [6, 6.07) is 10.7. The van der Waals surface area contributed by atoms with Crippen molar-refractivity contribution in [1.29, 1.82) is 5.26 Å². The normalized spacial score (nSPS) is 14.7. The Balaban J connectivity index is 3.38. The number of hydrogen-bond donors (Lipinski definition) is 1. The van der Waals surface area contributed by atoms with Gasteiger partial charge in [0.15, 0.2) is 4.75 Å². The highest BCUT2D eigenvalue weighted by atomic mass is 32.2. The molecule has 0 radical (unpaired) electrons. The van der Waals surface area contributed by atoms with Crippen LogP contribution < -0.4 is 4.72 Å². The van der Waals surface area contributed by atoms with Gasteiger partial charge in [0.2, 0.25) is 10.0 Å². The fraction of sp³-hybridized carbons (Fsp3) is 0.462. The van der Waals surface area contributed by atoms with E-state index in [0.717, 1.165) is 6.42 Å². The number of nitriles is 1. The Morgan fingerprint density at radius 3 is 2.39 bits per heavy atom. The lowest BCUT2D eigenvalue weighted by Crippen LogP contribution is -2.41. The van der Waals surface area contributed by atoms with E-state index in [-0.39, 0.29) is 0 Å². The van der Waals surface area contributed by atoms with E-state index in [2.05, 4.69) is 4.72 Å². The average molecular weight is 266 g/mol. The maximum absolute atomic E-state index is 12.2. The second-order valence-corrected chi connectivity index (χ2v) is 6.23. The molecule has 98 valence electrons. The first-order valence-electron chi connectivity index (χ1n) is 5.94. The van der Waals surface area contributed by atoms with Crippen molar-refractivity contribution in [3.8, 4) is 6.07 Å². The predicted octanol–water partition coefficient (Wildman–Crippen LogP) is 2.14. The maximum Gasteiger partial charge on any atom is 0.234 e. The zero-order valence-electron chi connectivity index (χ0n) is 10.7. The molecule has 4 nitrogen and oxygen atoms in total. The van der Waals surface area contributed by atoms with Crippen LogP contribution in [0.4, 0.5) is 0 Å². The maximum atomic E-state index is 12.2. The smallest absolute Gasteiger partial charge is 0.217 e. The largest absolute Gasteiger partial charge is 0.234 e. The van der Waals surface area contributed by atoms with E-state index in [1.165, 1.54) is 7.05 Å². The SMILES string of the molecule is CCCCC(C#N)(c1ccccc1)S(=O)(=O)NC. The van der Waals surface area contributed by atoms with Gasteiger partial charge >= 0.3 is 0 Å². The summed E-state index contributed by atoms with van der Waals surface area (Å²) in [4.78, 5) is 0. The van der Waals surface area contributed by atoms with Gasteiger partial charge in [-0.1, -0.05) is 50.1 Å². The van der Waals surface area contributed by atoms with Crippen LogP contribution in [0.5, 0.6) is 0 Å². The van der Waals surface area contributed by atoms with Crippen LogP contribution in [0.15, 0.2) is 30.3 Å². The predicted molar refractivity (Wildman–Crippen MR) is 71.2 cm³/mol. The fourth-order valence-corrected chi connectivity index (χ4v) is 3.25. The molecule has 0 saturated carbocycles. The third-order valence-electron chi connectivity index (χ3n) is 3.03. The Kier molecular flexibility index (Phi) is 4.88. The number of unbranched alkanes of at least 4 members (excludes halogenated alkanes) is 1. The quantitative estimate of drug-likeness (QED) is 0.857.